The van der Waals surface area contributed by atoms with E-state index in [1.807, 2.05) is 30.3 Å². The second-order valence-corrected chi connectivity index (χ2v) is 10.3. The quantitative estimate of drug-likeness (QED) is 0.492. The Balaban J connectivity index is 1.58. The third-order valence-corrected chi connectivity index (χ3v) is 6.41. The molecule has 0 radical (unpaired) electrons. The lowest BCUT2D eigenvalue weighted by atomic mass is 9.96. The van der Waals surface area contributed by atoms with Gasteiger partial charge in [-0.2, -0.15) is 0 Å². The van der Waals surface area contributed by atoms with E-state index in [-0.39, 0.29) is 17.3 Å². The van der Waals surface area contributed by atoms with Gasteiger partial charge in [-0.25, -0.2) is 12.8 Å². The molecule has 0 bridgehead atoms. The minimum atomic E-state index is -3.60. The number of hydrogen-bond acceptors (Lipinski definition) is 4. The molecule has 1 amide bonds. The first-order valence-corrected chi connectivity index (χ1v) is 13.2. The van der Waals surface area contributed by atoms with Crippen LogP contribution in [0.5, 0.6) is 0 Å². The summed E-state index contributed by atoms with van der Waals surface area (Å²) in [5, 5.41) is 2.71. The molecule has 1 saturated heterocycles. The Hall–Kier alpha value is -3.23. The molecular weight excluding hydrogens is 453 g/mol. The molecule has 34 heavy (non-hydrogen) atoms. The molecule has 178 valence electrons. The first-order valence-electron chi connectivity index (χ1n) is 11.3. The van der Waals surface area contributed by atoms with Gasteiger partial charge in [-0.1, -0.05) is 42.8 Å². The van der Waals surface area contributed by atoms with Gasteiger partial charge in [-0.3, -0.25) is 14.4 Å². The summed E-state index contributed by atoms with van der Waals surface area (Å²) in [7, 11) is -3.60. The molecule has 0 unspecified atom stereocenters. The van der Waals surface area contributed by atoms with Crippen LogP contribution in [0.2, 0.25) is 0 Å². The zero-order valence-corrected chi connectivity index (χ0v) is 19.9. The summed E-state index contributed by atoms with van der Waals surface area (Å²) in [4.78, 5) is 15.4. The van der Waals surface area contributed by atoms with Crippen LogP contribution in [0.1, 0.15) is 35.2 Å². The molecule has 1 fully saturated rings. The summed E-state index contributed by atoms with van der Waals surface area (Å²) in [5.74, 6) is -1.13. The lowest BCUT2D eigenvalue weighted by Crippen LogP contribution is -2.29. The van der Waals surface area contributed by atoms with Crippen LogP contribution in [-0.4, -0.2) is 38.6 Å². The number of amides is 1. The Morgan fingerprint density at radius 1 is 0.971 bits per heavy atom. The van der Waals surface area contributed by atoms with Crippen LogP contribution < -0.4 is 10.0 Å². The van der Waals surface area contributed by atoms with Crippen molar-refractivity contribution < 1.29 is 17.6 Å². The normalized spacial score (nSPS) is 14.5. The molecule has 0 saturated carbocycles. The lowest BCUT2D eigenvalue weighted by molar-refractivity contribution is 0.102. The minimum absolute atomic E-state index is 0.170. The van der Waals surface area contributed by atoms with Crippen molar-refractivity contribution in [1.82, 2.24) is 4.90 Å². The number of benzene rings is 3. The Morgan fingerprint density at radius 2 is 1.71 bits per heavy atom. The Labute approximate surface area is 199 Å². The molecule has 0 atom stereocenters. The number of piperidine rings is 1. The molecule has 1 aliphatic heterocycles. The summed E-state index contributed by atoms with van der Waals surface area (Å²) in [6, 6.07) is 19.6. The van der Waals surface area contributed by atoms with Crippen LogP contribution in [0.25, 0.3) is 11.1 Å². The Bertz CT molecular complexity index is 1270. The minimum Gasteiger partial charge on any atom is -0.322 e. The van der Waals surface area contributed by atoms with E-state index in [9.17, 15) is 17.6 Å². The highest BCUT2D eigenvalue weighted by molar-refractivity contribution is 7.92. The first-order chi connectivity index (χ1) is 16.3. The number of nitrogens with zero attached hydrogens (tertiary/aromatic N) is 1. The average Bonchev–Trinajstić information content (AvgIpc) is 2.81. The van der Waals surface area contributed by atoms with Crippen LogP contribution in [0, 0.1) is 5.82 Å². The molecule has 8 heteroatoms. The number of halogens is 1. The van der Waals surface area contributed by atoms with E-state index in [4.69, 9.17) is 0 Å². The number of carbonyl (C=O) groups excluding carboxylic acids is 1. The first kappa shape index (κ1) is 23.9. The second-order valence-electron chi connectivity index (χ2n) is 8.60. The average molecular weight is 482 g/mol. The van der Waals surface area contributed by atoms with Gasteiger partial charge in [0.1, 0.15) is 5.82 Å². The molecule has 0 spiro atoms. The third kappa shape index (κ3) is 6.21. The fourth-order valence-electron chi connectivity index (χ4n) is 4.20. The van der Waals surface area contributed by atoms with Gasteiger partial charge in [-0.15, -0.1) is 0 Å². The van der Waals surface area contributed by atoms with Crippen molar-refractivity contribution in [3.05, 3.63) is 83.7 Å². The molecular formula is C26H28FN3O3S. The van der Waals surface area contributed by atoms with Crippen molar-refractivity contribution >= 4 is 27.3 Å². The number of carbonyl (C=O) groups is 1. The van der Waals surface area contributed by atoms with Gasteiger partial charge in [-0.05, 0) is 73.0 Å². The molecule has 2 N–H and O–H groups in total. The summed E-state index contributed by atoms with van der Waals surface area (Å²) >= 11 is 0. The van der Waals surface area contributed by atoms with Crippen molar-refractivity contribution in [3.63, 3.8) is 0 Å². The van der Waals surface area contributed by atoms with E-state index in [1.165, 1.54) is 31.4 Å². The molecule has 3 aromatic carbocycles. The van der Waals surface area contributed by atoms with E-state index in [0.29, 0.717) is 5.56 Å². The maximum Gasteiger partial charge on any atom is 0.255 e. The molecule has 6 nitrogen and oxygen atoms in total. The molecule has 1 aliphatic rings. The van der Waals surface area contributed by atoms with Gasteiger partial charge >= 0.3 is 0 Å². The van der Waals surface area contributed by atoms with Crippen LogP contribution in [0.4, 0.5) is 15.8 Å². The van der Waals surface area contributed by atoms with Gasteiger partial charge in [0.2, 0.25) is 10.0 Å². The van der Waals surface area contributed by atoms with Crippen molar-refractivity contribution in [1.29, 1.82) is 0 Å². The van der Waals surface area contributed by atoms with Gasteiger partial charge < -0.3 is 5.32 Å². The summed E-state index contributed by atoms with van der Waals surface area (Å²) in [6.07, 6.45) is 4.55. The van der Waals surface area contributed by atoms with Gasteiger partial charge in [0.25, 0.3) is 5.91 Å². The number of rotatable bonds is 7. The van der Waals surface area contributed by atoms with Crippen LogP contribution >= 0.6 is 0 Å². The highest BCUT2D eigenvalue weighted by Gasteiger charge is 2.17. The predicted molar refractivity (Wildman–Crippen MR) is 134 cm³/mol. The summed E-state index contributed by atoms with van der Waals surface area (Å²) in [5.41, 5.74) is 3.80. The van der Waals surface area contributed by atoms with Crippen LogP contribution in [-0.2, 0) is 16.6 Å². The number of likely N-dealkylation sites (tertiary alicyclic amines) is 1. The smallest absolute Gasteiger partial charge is 0.255 e. The third-order valence-electron chi connectivity index (χ3n) is 5.82. The molecule has 0 aromatic heterocycles. The van der Waals surface area contributed by atoms with Crippen molar-refractivity contribution in [3.8, 4) is 11.1 Å². The topological polar surface area (TPSA) is 78.5 Å². The Kier molecular flexibility index (Phi) is 7.29. The summed E-state index contributed by atoms with van der Waals surface area (Å²) < 4.78 is 39.1. The van der Waals surface area contributed by atoms with Crippen LogP contribution in [0.15, 0.2) is 66.7 Å². The standard InChI is InChI=1S/C26H28FN3O3S/c1-34(32,33)29-25-13-11-22(17-24(25)27)28-26(31)20-10-12-23(19-8-4-2-5-9-19)21(16-20)18-30-14-6-3-7-15-30/h2,4-5,8-13,16-17,29H,3,6-7,14-15,18H2,1H3,(H,28,31). The predicted octanol–water partition coefficient (Wildman–Crippen LogP) is 5.10. The molecule has 0 aliphatic carbocycles. The molecule has 1 heterocycles. The van der Waals surface area contributed by atoms with E-state index in [2.05, 4.69) is 27.1 Å². The second kappa shape index (κ2) is 10.4. The maximum atomic E-state index is 14.3. The van der Waals surface area contributed by atoms with Gasteiger partial charge in [0, 0.05) is 17.8 Å². The zero-order valence-electron chi connectivity index (χ0n) is 19.1. The molecule has 4 rings (SSSR count). The highest BCUT2D eigenvalue weighted by atomic mass is 32.2. The maximum absolute atomic E-state index is 14.3. The number of hydrogen-bond donors (Lipinski definition) is 2. The molecule has 3 aromatic rings. The SMILES string of the molecule is CS(=O)(=O)Nc1ccc(NC(=O)c2ccc(-c3ccccc3)c(CN3CCCCC3)c2)cc1F. The van der Waals surface area contributed by atoms with E-state index in [1.54, 1.807) is 6.07 Å². The fraction of sp³-hybridized carbons (Fsp3) is 0.269. The van der Waals surface area contributed by atoms with E-state index in [0.717, 1.165) is 48.6 Å². The van der Waals surface area contributed by atoms with Gasteiger partial charge in [0.15, 0.2) is 0 Å². The van der Waals surface area contributed by atoms with Crippen LogP contribution in [0.3, 0.4) is 0 Å². The highest BCUT2D eigenvalue weighted by Crippen LogP contribution is 2.28. The van der Waals surface area contributed by atoms with E-state index < -0.39 is 15.8 Å². The largest absolute Gasteiger partial charge is 0.322 e. The number of nitrogens with one attached hydrogen (secondary N) is 2. The van der Waals surface area contributed by atoms with Crippen molar-refractivity contribution in [2.45, 2.75) is 25.8 Å². The lowest BCUT2D eigenvalue weighted by Gasteiger charge is -2.27. The number of sulfonamides is 1. The zero-order chi connectivity index (χ0) is 24.1. The monoisotopic (exact) mass is 481 g/mol. The number of anilines is 2. The van der Waals surface area contributed by atoms with Crippen molar-refractivity contribution in [2.24, 2.45) is 0 Å². The Morgan fingerprint density at radius 3 is 2.38 bits per heavy atom. The summed E-state index contributed by atoms with van der Waals surface area (Å²) in [6.45, 7) is 2.83. The fourth-order valence-corrected chi connectivity index (χ4v) is 4.77. The van der Waals surface area contributed by atoms with E-state index >= 15 is 0 Å². The van der Waals surface area contributed by atoms with Crippen molar-refractivity contribution in [2.75, 3.05) is 29.4 Å². The van der Waals surface area contributed by atoms with Gasteiger partial charge in [0.05, 0.1) is 11.9 Å².